The van der Waals surface area contributed by atoms with Crippen molar-refractivity contribution < 1.29 is 4.79 Å². The molecule has 1 aromatic rings. The van der Waals surface area contributed by atoms with E-state index in [2.05, 4.69) is 15.3 Å². The van der Waals surface area contributed by atoms with E-state index in [1.807, 2.05) is 6.92 Å². The summed E-state index contributed by atoms with van der Waals surface area (Å²) in [6.45, 7) is 2.59. The summed E-state index contributed by atoms with van der Waals surface area (Å²) in [4.78, 5) is 14.3. The molecular formula is C10H12N4O. The molecule has 0 aromatic heterocycles. The average molecular weight is 204 g/mol. The largest absolute Gasteiger partial charge is 0.352 e. The van der Waals surface area contributed by atoms with Gasteiger partial charge in [-0.05, 0) is 18.0 Å². The molecule has 0 heterocycles. The summed E-state index contributed by atoms with van der Waals surface area (Å²) < 4.78 is 0. The van der Waals surface area contributed by atoms with E-state index in [9.17, 15) is 4.79 Å². The van der Waals surface area contributed by atoms with Gasteiger partial charge in [-0.3, -0.25) is 4.79 Å². The molecular weight excluding hydrogens is 192 g/mol. The Hall–Kier alpha value is -2.00. The summed E-state index contributed by atoms with van der Waals surface area (Å²) in [6.07, 6.45) is 0.870. The van der Waals surface area contributed by atoms with Gasteiger partial charge in [0.05, 0.1) is 5.69 Å². The van der Waals surface area contributed by atoms with Crippen LogP contribution in [0.4, 0.5) is 5.69 Å². The molecule has 1 N–H and O–H groups in total. The number of carbonyl (C=O) groups is 1. The Bertz CT molecular complexity index is 396. The number of hydrogen-bond acceptors (Lipinski definition) is 2. The highest BCUT2D eigenvalue weighted by molar-refractivity contribution is 5.98. The molecule has 0 spiro atoms. The van der Waals surface area contributed by atoms with Crippen molar-refractivity contribution in [2.75, 3.05) is 6.54 Å². The Kier molecular flexibility index (Phi) is 4.19. The van der Waals surface area contributed by atoms with Crippen LogP contribution in [0.5, 0.6) is 0 Å². The van der Waals surface area contributed by atoms with Crippen molar-refractivity contribution in [3.8, 4) is 0 Å². The molecule has 0 aliphatic carbocycles. The van der Waals surface area contributed by atoms with Crippen molar-refractivity contribution in [2.24, 2.45) is 5.11 Å². The van der Waals surface area contributed by atoms with Crippen LogP contribution in [0.2, 0.25) is 0 Å². The molecule has 0 radical (unpaired) electrons. The smallest absolute Gasteiger partial charge is 0.251 e. The van der Waals surface area contributed by atoms with Gasteiger partial charge >= 0.3 is 0 Å². The Morgan fingerprint density at radius 1 is 1.53 bits per heavy atom. The molecule has 1 rings (SSSR count). The lowest BCUT2D eigenvalue weighted by molar-refractivity contribution is 0.0954. The van der Waals surface area contributed by atoms with Gasteiger partial charge in [0, 0.05) is 17.0 Å². The predicted octanol–water partition coefficient (Wildman–Crippen LogP) is 2.77. The number of nitrogens with one attached hydrogen (secondary N) is 1. The molecule has 0 aliphatic rings. The van der Waals surface area contributed by atoms with E-state index < -0.39 is 0 Å². The molecule has 0 unspecified atom stereocenters. The zero-order chi connectivity index (χ0) is 11.1. The normalized spacial score (nSPS) is 9.13. The quantitative estimate of drug-likeness (QED) is 0.457. The van der Waals surface area contributed by atoms with E-state index in [0.717, 1.165) is 6.42 Å². The third-order valence-corrected chi connectivity index (χ3v) is 1.84. The van der Waals surface area contributed by atoms with E-state index in [1.54, 1.807) is 24.3 Å². The fraction of sp³-hybridized carbons (Fsp3) is 0.300. The van der Waals surface area contributed by atoms with Gasteiger partial charge < -0.3 is 5.32 Å². The van der Waals surface area contributed by atoms with E-state index in [4.69, 9.17) is 5.53 Å². The van der Waals surface area contributed by atoms with Gasteiger partial charge in [0.1, 0.15) is 0 Å². The molecule has 0 bridgehead atoms. The minimum absolute atomic E-state index is 0.208. The minimum atomic E-state index is -0.208. The summed E-state index contributed by atoms with van der Waals surface area (Å²) in [5.74, 6) is -0.208. The van der Waals surface area contributed by atoms with Gasteiger partial charge in [-0.2, -0.15) is 0 Å². The highest BCUT2D eigenvalue weighted by Crippen LogP contribution is 2.18. The fourth-order valence-electron chi connectivity index (χ4n) is 1.13. The number of amides is 1. The number of carbonyl (C=O) groups excluding carboxylic acids is 1. The Balaban J connectivity index is 2.92. The summed E-state index contributed by atoms with van der Waals surface area (Å²) >= 11 is 0. The molecule has 0 atom stereocenters. The molecule has 1 aromatic carbocycles. The van der Waals surface area contributed by atoms with Gasteiger partial charge in [-0.25, -0.2) is 0 Å². The highest BCUT2D eigenvalue weighted by Gasteiger charge is 2.07. The van der Waals surface area contributed by atoms with Gasteiger partial charge in [0.15, 0.2) is 0 Å². The Morgan fingerprint density at radius 2 is 2.27 bits per heavy atom. The fourth-order valence-corrected chi connectivity index (χ4v) is 1.13. The first-order valence-electron chi connectivity index (χ1n) is 4.72. The van der Waals surface area contributed by atoms with Crippen LogP contribution in [-0.4, -0.2) is 12.5 Å². The maximum Gasteiger partial charge on any atom is 0.251 e. The summed E-state index contributed by atoms with van der Waals surface area (Å²) in [6, 6.07) is 6.70. The predicted molar refractivity (Wildman–Crippen MR) is 57.9 cm³/mol. The summed E-state index contributed by atoms with van der Waals surface area (Å²) in [5.41, 5.74) is 9.09. The van der Waals surface area contributed by atoms with Crippen LogP contribution in [0, 0.1) is 0 Å². The second kappa shape index (κ2) is 5.67. The molecule has 15 heavy (non-hydrogen) atoms. The van der Waals surface area contributed by atoms with E-state index >= 15 is 0 Å². The SMILES string of the molecule is CCCNC(=O)c1ccccc1N=[N+]=[N-]. The first-order chi connectivity index (χ1) is 7.29. The van der Waals surface area contributed by atoms with Crippen LogP contribution in [0.3, 0.4) is 0 Å². The Labute approximate surface area is 87.7 Å². The maximum atomic E-state index is 11.6. The third-order valence-electron chi connectivity index (χ3n) is 1.84. The lowest BCUT2D eigenvalue weighted by Crippen LogP contribution is -2.23. The van der Waals surface area contributed by atoms with Crippen LogP contribution >= 0.6 is 0 Å². The topological polar surface area (TPSA) is 77.9 Å². The first-order valence-corrected chi connectivity index (χ1v) is 4.72. The average Bonchev–Trinajstić information content (AvgIpc) is 2.27. The number of nitrogens with zero attached hydrogens (tertiary/aromatic N) is 3. The van der Waals surface area contributed by atoms with Gasteiger partial charge in [-0.15, -0.1) is 0 Å². The zero-order valence-corrected chi connectivity index (χ0v) is 8.47. The van der Waals surface area contributed by atoms with Crippen molar-refractivity contribution in [3.05, 3.63) is 40.3 Å². The lowest BCUT2D eigenvalue weighted by Gasteiger charge is -2.05. The van der Waals surface area contributed by atoms with Crippen LogP contribution in [0.25, 0.3) is 10.4 Å². The van der Waals surface area contributed by atoms with Gasteiger partial charge in [0.25, 0.3) is 5.91 Å². The van der Waals surface area contributed by atoms with Crippen LogP contribution in [0.15, 0.2) is 29.4 Å². The van der Waals surface area contributed by atoms with Crippen molar-refractivity contribution >= 4 is 11.6 Å². The number of rotatable bonds is 4. The maximum absolute atomic E-state index is 11.6. The lowest BCUT2D eigenvalue weighted by atomic mass is 10.1. The molecule has 1 amide bonds. The zero-order valence-electron chi connectivity index (χ0n) is 8.47. The standard InChI is InChI=1S/C10H12N4O/c1-2-7-12-10(15)8-5-3-4-6-9(8)13-14-11/h3-6H,2,7H2,1H3,(H,12,15). The Morgan fingerprint density at radius 3 is 2.93 bits per heavy atom. The van der Waals surface area contributed by atoms with Crippen molar-refractivity contribution in [1.29, 1.82) is 0 Å². The third kappa shape index (κ3) is 3.00. The molecule has 0 fully saturated rings. The van der Waals surface area contributed by atoms with Crippen molar-refractivity contribution in [2.45, 2.75) is 13.3 Å². The number of benzene rings is 1. The minimum Gasteiger partial charge on any atom is -0.352 e. The highest BCUT2D eigenvalue weighted by atomic mass is 16.1. The van der Waals surface area contributed by atoms with E-state index in [-0.39, 0.29) is 5.91 Å². The van der Waals surface area contributed by atoms with Gasteiger partial charge in [0.2, 0.25) is 0 Å². The number of azide groups is 1. The molecule has 0 aliphatic heterocycles. The second-order valence-electron chi connectivity index (χ2n) is 2.96. The first kappa shape index (κ1) is 11.1. The van der Waals surface area contributed by atoms with Crippen molar-refractivity contribution in [1.82, 2.24) is 5.32 Å². The van der Waals surface area contributed by atoms with Crippen LogP contribution in [-0.2, 0) is 0 Å². The molecule has 78 valence electrons. The summed E-state index contributed by atoms with van der Waals surface area (Å²) in [7, 11) is 0. The summed E-state index contributed by atoms with van der Waals surface area (Å²) in [5, 5.41) is 6.18. The second-order valence-corrected chi connectivity index (χ2v) is 2.96. The van der Waals surface area contributed by atoms with Crippen molar-refractivity contribution in [3.63, 3.8) is 0 Å². The molecule has 0 saturated carbocycles. The molecule has 5 heteroatoms. The number of hydrogen-bond donors (Lipinski definition) is 1. The van der Waals surface area contributed by atoms with E-state index in [1.165, 1.54) is 0 Å². The molecule has 0 saturated heterocycles. The van der Waals surface area contributed by atoms with Crippen LogP contribution in [0.1, 0.15) is 23.7 Å². The monoisotopic (exact) mass is 204 g/mol. The molecule has 5 nitrogen and oxygen atoms in total. The van der Waals surface area contributed by atoms with Crippen LogP contribution < -0.4 is 5.32 Å². The van der Waals surface area contributed by atoms with Gasteiger partial charge in [-0.1, -0.05) is 30.2 Å². The van der Waals surface area contributed by atoms with E-state index in [0.29, 0.717) is 17.8 Å².